The number of ether oxygens (including phenoxy) is 1. The van der Waals surface area contributed by atoms with Crippen LogP contribution in [0.5, 0.6) is 0 Å². The normalized spacial score (nSPS) is 11.8. The minimum absolute atomic E-state index is 0.0901. The van der Waals surface area contributed by atoms with E-state index in [1.54, 1.807) is 19.2 Å². The van der Waals surface area contributed by atoms with Gasteiger partial charge in [-0.2, -0.15) is 0 Å². The second-order valence-electron chi connectivity index (χ2n) is 4.67. The molecule has 0 saturated heterocycles. The van der Waals surface area contributed by atoms with Crippen molar-refractivity contribution >= 4 is 18.2 Å². The van der Waals surface area contributed by atoms with E-state index < -0.39 is 6.04 Å². The first kappa shape index (κ1) is 15.9. The third-order valence-corrected chi connectivity index (χ3v) is 2.72. The minimum Gasteiger partial charge on any atom is -0.464 e. The SMILES string of the molecule is CCOC(=O)C(Nc1ccc(CNC=O)cn1)C(C)C. The van der Waals surface area contributed by atoms with E-state index in [4.69, 9.17) is 4.74 Å². The lowest BCUT2D eigenvalue weighted by molar-refractivity contribution is -0.145. The number of esters is 1. The van der Waals surface area contributed by atoms with E-state index in [9.17, 15) is 9.59 Å². The number of carbonyl (C=O) groups is 2. The molecule has 0 bridgehead atoms. The summed E-state index contributed by atoms with van der Waals surface area (Å²) in [6.45, 7) is 6.45. The fraction of sp³-hybridized carbons (Fsp3) is 0.500. The van der Waals surface area contributed by atoms with Gasteiger partial charge in [-0.3, -0.25) is 4.79 Å². The molecule has 6 heteroatoms. The number of nitrogens with one attached hydrogen (secondary N) is 2. The fourth-order valence-electron chi connectivity index (χ4n) is 1.66. The molecule has 6 nitrogen and oxygen atoms in total. The van der Waals surface area contributed by atoms with Crippen molar-refractivity contribution in [2.45, 2.75) is 33.4 Å². The van der Waals surface area contributed by atoms with Crippen molar-refractivity contribution in [3.05, 3.63) is 23.9 Å². The molecular weight excluding hydrogens is 258 g/mol. The number of hydrogen-bond acceptors (Lipinski definition) is 5. The molecule has 2 N–H and O–H groups in total. The number of rotatable bonds is 8. The van der Waals surface area contributed by atoms with Gasteiger partial charge in [0.05, 0.1) is 6.61 Å². The lowest BCUT2D eigenvalue weighted by Gasteiger charge is -2.21. The van der Waals surface area contributed by atoms with Gasteiger partial charge in [0.15, 0.2) is 0 Å². The molecule has 0 spiro atoms. The van der Waals surface area contributed by atoms with Gasteiger partial charge in [-0.15, -0.1) is 0 Å². The van der Waals surface area contributed by atoms with Crippen LogP contribution >= 0.6 is 0 Å². The monoisotopic (exact) mass is 279 g/mol. The molecule has 1 atom stereocenters. The smallest absolute Gasteiger partial charge is 0.328 e. The van der Waals surface area contributed by atoms with E-state index >= 15 is 0 Å². The summed E-state index contributed by atoms with van der Waals surface area (Å²) in [6, 6.07) is 3.19. The van der Waals surface area contributed by atoms with Gasteiger partial charge in [0.2, 0.25) is 6.41 Å². The Morgan fingerprint density at radius 1 is 1.45 bits per heavy atom. The average molecular weight is 279 g/mol. The lowest BCUT2D eigenvalue weighted by atomic mass is 10.0. The van der Waals surface area contributed by atoms with E-state index in [2.05, 4.69) is 15.6 Å². The number of pyridine rings is 1. The van der Waals surface area contributed by atoms with Crippen LogP contribution in [0.2, 0.25) is 0 Å². The number of carbonyl (C=O) groups excluding carboxylic acids is 2. The highest BCUT2D eigenvalue weighted by molar-refractivity contribution is 5.79. The van der Waals surface area contributed by atoms with Crippen LogP contribution in [-0.2, 0) is 20.9 Å². The molecule has 0 aliphatic heterocycles. The topological polar surface area (TPSA) is 80.3 Å². The van der Waals surface area contributed by atoms with Crippen LogP contribution in [0, 0.1) is 5.92 Å². The second kappa shape index (κ2) is 8.14. The van der Waals surface area contributed by atoms with Crippen LogP contribution in [0.15, 0.2) is 18.3 Å². The van der Waals surface area contributed by atoms with Crippen molar-refractivity contribution in [3.8, 4) is 0 Å². The Morgan fingerprint density at radius 2 is 2.20 bits per heavy atom. The summed E-state index contributed by atoms with van der Waals surface area (Å²) in [6.07, 6.45) is 2.29. The van der Waals surface area contributed by atoms with E-state index in [1.807, 2.05) is 19.9 Å². The van der Waals surface area contributed by atoms with Crippen LogP contribution < -0.4 is 10.6 Å². The zero-order valence-electron chi connectivity index (χ0n) is 12.1. The highest BCUT2D eigenvalue weighted by atomic mass is 16.5. The average Bonchev–Trinajstić information content (AvgIpc) is 2.43. The van der Waals surface area contributed by atoms with Gasteiger partial charge >= 0.3 is 5.97 Å². The molecular formula is C14H21N3O3. The zero-order valence-corrected chi connectivity index (χ0v) is 12.1. The Labute approximate surface area is 118 Å². The van der Waals surface area contributed by atoms with Gasteiger partial charge in [0, 0.05) is 12.7 Å². The van der Waals surface area contributed by atoms with Crippen LogP contribution in [0.25, 0.3) is 0 Å². The first-order valence-electron chi connectivity index (χ1n) is 6.63. The molecule has 1 aromatic rings. The Morgan fingerprint density at radius 3 is 2.70 bits per heavy atom. The standard InChI is InChI=1S/C14H21N3O3/c1-4-20-14(19)13(10(2)3)17-12-6-5-11(8-16-12)7-15-9-18/h5-6,8-10,13H,4,7H2,1-3H3,(H,15,18)(H,16,17). The maximum Gasteiger partial charge on any atom is 0.328 e. The maximum absolute atomic E-state index is 11.8. The molecule has 110 valence electrons. The number of hydrogen-bond donors (Lipinski definition) is 2. The van der Waals surface area contributed by atoms with Crippen molar-refractivity contribution in [2.24, 2.45) is 5.92 Å². The number of amides is 1. The number of nitrogens with zero attached hydrogens (tertiary/aromatic N) is 1. The molecule has 20 heavy (non-hydrogen) atoms. The van der Waals surface area contributed by atoms with Crippen molar-refractivity contribution in [1.82, 2.24) is 10.3 Å². The molecule has 0 saturated carbocycles. The highest BCUT2D eigenvalue weighted by Gasteiger charge is 2.23. The third-order valence-electron chi connectivity index (χ3n) is 2.72. The summed E-state index contributed by atoms with van der Waals surface area (Å²) in [5.41, 5.74) is 0.889. The van der Waals surface area contributed by atoms with Crippen molar-refractivity contribution < 1.29 is 14.3 Å². The van der Waals surface area contributed by atoms with Crippen LogP contribution in [-0.4, -0.2) is 30.0 Å². The van der Waals surface area contributed by atoms with Crippen LogP contribution in [0.3, 0.4) is 0 Å². The molecule has 0 aliphatic carbocycles. The summed E-state index contributed by atoms with van der Waals surface area (Å²) in [5, 5.41) is 5.63. The van der Waals surface area contributed by atoms with Crippen molar-refractivity contribution in [3.63, 3.8) is 0 Å². The van der Waals surface area contributed by atoms with E-state index in [-0.39, 0.29) is 11.9 Å². The molecule has 1 amide bonds. The van der Waals surface area contributed by atoms with E-state index in [1.165, 1.54) is 0 Å². The first-order chi connectivity index (χ1) is 9.58. The Bertz CT molecular complexity index is 432. The third kappa shape index (κ3) is 4.87. The Hall–Kier alpha value is -2.11. The Balaban J connectivity index is 2.68. The molecule has 1 heterocycles. The quantitative estimate of drug-likeness (QED) is 0.554. The van der Waals surface area contributed by atoms with Crippen LogP contribution in [0.4, 0.5) is 5.82 Å². The van der Waals surface area contributed by atoms with E-state index in [0.717, 1.165) is 5.56 Å². The van der Waals surface area contributed by atoms with Crippen LogP contribution in [0.1, 0.15) is 26.3 Å². The van der Waals surface area contributed by atoms with Gasteiger partial charge in [0.25, 0.3) is 0 Å². The largest absolute Gasteiger partial charge is 0.464 e. The summed E-state index contributed by atoms with van der Waals surface area (Å²) >= 11 is 0. The maximum atomic E-state index is 11.8. The van der Waals surface area contributed by atoms with E-state index in [0.29, 0.717) is 25.4 Å². The first-order valence-corrected chi connectivity index (χ1v) is 6.63. The molecule has 1 unspecified atom stereocenters. The molecule has 0 aliphatic rings. The summed E-state index contributed by atoms with van der Waals surface area (Å²) < 4.78 is 5.04. The van der Waals surface area contributed by atoms with Crippen molar-refractivity contribution in [1.29, 1.82) is 0 Å². The molecule has 1 aromatic heterocycles. The predicted octanol–water partition coefficient (Wildman–Crippen LogP) is 1.33. The summed E-state index contributed by atoms with van der Waals surface area (Å²) in [7, 11) is 0. The lowest BCUT2D eigenvalue weighted by Crippen LogP contribution is -2.36. The van der Waals surface area contributed by atoms with Crippen molar-refractivity contribution in [2.75, 3.05) is 11.9 Å². The molecule has 0 fully saturated rings. The molecule has 0 aromatic carbocycles. The minimum atomic E-state index is -0.429. The molecule has 0 radical (unpaired) electrons. The fourth-order valence-corrected chi connectivity index (χ4v) is 1.66. The number of aromatic nitrogens is 1. The predicted molar refractivity (Wildman–Crippen MR) is 76.0 cm³/mol. The number of anilines is 1. The van der Waals surface area contributed by atoms with Gasteiger partial charge in [-0.1, -0.05) is 19.9 Å². The second-order valence-corrected chi connectivity index (χ2v) is 4.67. The highest BCUT2D eigenvalue weighted by Crippen LogP contribution is 2.12. The van der Waals surface area contributed by atoms with Gasteiger partial charge in [-0.05, 0) is 24.5 Å². The summed E-state index contributed by atoms with van der Waals surface area (Å²) in [4.78, 5) is 26.3. The zero-order chi connectivity index (χ0) is 15.0. The Kier molecular flexibility index (Phi) is 6.49. The molecule has 1 rings (SSSR count). The van der Waals surface area contributed by atoms with Gasteiger partial charge in [-0.25, -0.2) is 9.78 Å². The summed E-state index contributed by atoms with van der Waals surface area (Å²) in [5.74, 6) is 0.412. The van der Waals surface area contributed by atoms with Gasteiger partial charge in [0.1, 0.15) is 11.9 Å². The van der Waals surface area contributed by atoms with Gasteiger partial charge < -0.3 is 15.4 Å².